The quantitative estimate of drug-likeness (QED) is 0.750. The second kappa shape index (κ2) is 5.64. The summed E-state index contributed by atoms with van der Waals surface area (Å²) >= 11 is 0. The van der Waals surface area contributed by atoms with Crippen molar-refractivity contribution in [2.45, 2.75) is 52.9 Å². The van der Waals surface area contributed by atoms with Crippen molar-refractivity contribution < 1.29 is 4.79 Å². The number of hydrogen-bond acceptors (Lipinski definition) is 2. The number of rotatable bonds is 3. The Morgan fingerprint density at radius 3 is 2.22 bits per heavy atom. The molecule has 0 unspecified atom stereocenters. The molecule has 0 spiro atoms. The summed E-state index contributed by atoms with van der Waals surface area (Å²) in [5, 5.41) is 0. The van der Waals surface area contributed by atoms with E-state index in [2.05, 4.69) is 11.9 Å². The number of nitrogens with zero attached hydrogens (tertiary/aromatic N) is 1. The van der Waals surface area contributed by atoms with Crippen molar-refractivity contribution in [1.29, 1.82) is 0 Å². The minimum Gasteiger partial charge on any atom is -0.294 e. The molecule has 1 aromatic heterocycles. The molecule has 0 aliphatic heterocycles. The van der Waals surface area contributed by atoms with Crippen LogP contribution in [0.3, 0.4) is 0 Å². The first-order valence-electron chi connectivity index (χ1n) is 7.09. The first kappa shape index (κ1) is 13.3. The highest BCUT2D eigenvalue weighted by Gasteiger charge is 2.26. The van der Waals surface area contributed by atoms with Crippen LogP contribution in [-0.4, -0.2) is 10.8 Å². The van der Waals surface area contributed by atoms with Crippen molar-refractivity contribution in [3.63, 3.8) is 0 Å². The molecule has 0 N–H and O–H groups in total. The molecule has 1 heterocycles. The average molecular weight is 245 g/mol. The van der Waals surface area contributed by atoms with Gasteiger partial charge < -0.3 is 0 Å². The van der Waals surface area contributed by atoms with Gasteiger partial charge in [-0.25, -0.2) is 0 Å². The summed E-state index contributed by atoms with van der Waals surface area (Å²) < 4.78 is 0. The molecule has 98 valence electrons. The number of aryl methyl sites for hydroxylation is 2. The van der Waals surface area contributed by atoms with E-state index < -0.39 is 0 Å². The largest absolute Gasteiger partial charge is 0.294 e. The lowest BCUT2D eigenvalue weighted by atomic mass is 9.78. The summed E-state index contributed by atoms with van der Waals surface area (Å²) in [7, 11) is 0. The molecule has 18 heavy (non-hydrogen) atoms. The highest BCUT2D eigenvalue weighted by molar-refractivity contribution is 5.98. The fraction of sp³-hybridized carbons (Fsp3) is 0.625. The lowest BCUT2D eigenvalue weighted by molar-refractivity contribution is 0.0871. The molecule has 2 heteroatoms. The van der Waals surface area contributed by atoms with Gasteiger partial charge in [-0.15, -0.1) is 0 Å². The van der Waals surface area contributed by atoms with Gasteiger partial charge in [-0.3, -0.25) is 9.78 Å². The third kappa shape index (κ3) is 2.98. The zero-order valence-electron chi connectivity index (χ0n) is 11.7. The zero-order chi connectivity index (χ0) is 13.1. The van der Waals surface area contributed by atoms with E-state index in [0.717, 1.165) is 35.7 Å². The van der Waals surface area contributed by atoms with Crippen LogP contribution >= 0.6 is 0 Å². The molecule has 1 aromatic rings. The SMILES string of the molecule is CCC1CCC(C(=O)c2cc(C)nc(C)c2)CC1. The molecule has 0 radical (unpaired) electrons. The van der Waals surface area contributed by atoms with Crippen molar-refractivity contribution in [1.82, 2.24) is 4.98 Å². The second-order valence-corrected chi connectivity index (χ2v) is 5.63. The summed E-state index contributed by atoms with van der Waals surface area (Å²) in [6.45, 7) is 6.16. The number of hydrogen-bond donors (Lipinski definition) is 0. The minimum absolute atomic E-state index is 0.244. The molecule has 1 aliphatic rings. The van der Waals surface area contributed by atoms with Gasteiger partial charge in [0.05, 0.1) is 0 Å². The smallest absolute Gasteiger partial charge is 0.166 e. The minimum atomic E-state index is 0.244. The topological polar surface area (TPSA) is 30.0 Å². The molecular weight excluding hydrogens is 222 g/mol. The molecule has 0 saturated heterocycles. The number of carbonyl (C=O) groups excluding carboxylic acids is 1. The van der Waals surface area contributed by atoms with Crippen LogP contribution < -0.4 is 0 Å². The number of pyridine rings is 1. The van der Waals surface area contributed by atoms with Crippen molar-refractivity contribution in [2.24, 2.45) is 11.8 Å². The molecule has 0 aromatic carbocycles. The summed E-state index contributed by atoms with van der Waals surface area (Å²) in [5.41, 5.74) is 2.75. The monoisotopic (exact) mass is 245 g/mol. The van der Waals surface area contributed by atoms with Gasteiger partial charge in [0, 0.05) is 22.9 Å². The van der Waals surface area contributed by atoms with Gasteiger partial charge in [-0.2, -0.15) is 0 Å². The Bertz CT molecular complexity index is 410. The number of carbonyl (C=O) groups is 1. The lowest BCUT2D eigenvalue weighted by Crippen LogP contribution is -2.22. The van der Waals surface area contributed by atoms with Crippen molar-refractivity contribution in [2.75, 3.05) is 0 Å². The molecule has 2 rings (SSSR count). The van der Waals surface area contributed by atoms with E-state index in [1.54, 1.807) is 0 Å². The molecule has 1 saturated carbocycles. The maximum atomic E-state index is 12.5. The summed E-state index contributed by atoms with van der Waals surface area (Å²) in [5.74, 6) is 1.42. The van der Waals surface area contributed by atoms with Crippen LogP contribution in [0.25, 0.3) is 0 Å². The number of ketones is 1. The molecule has 0 amide bonds. The summed E-state index contributed by atoms with van der Waals surface area (Å²) in [6.07, 6.45) is 5.83. The first-order valence-corrected chi connectivity index (χ1v) is 7.09. The van der Waals surface area contributed by atoms with Crippen LogP contribution in [0.4, 0.5) is 0 Å². The Morgan fingerprint density at radius 2 is 1.72 bits per heavy atom. The third-order valence-electron chi connectivity index (χ3n) is 4.16. The molecule has 1 fully saturated rings. The van der Waals surface area contributed by atoms with Gasteiger partial charge in [0.1, 0.15) is 0 Å². The Hall–Kier alpha value is -1.18. The van der Waals surface area contributed by atoms with Crippen molar-refractivity contribution in [3.05, 3.63) is 29.1 Å². The zero-order valence-corrected chi connectivity index (χ0v) is 11.7. The van der Waals surface area contributed by atoms with Gasteiger partial charge >= 0.3 is 0 Å². The predicted octanol–water partition coefficient (Wildman–Crippen LogP) is 4.10. The van der Waals surface area contributed by atoms with Crippen LogP contribution in [0.2, 0.25) is 0 Å². The van der Waals surface area contributed by atoms with E-state index in [0.29, 0.717) is 5.78 Å². The van der Waals surface area contributed by atoms with Gasteiger partial charge in [0.15, 0.2) is 5.78 Å². The number of aromatic nitrogens is 1. The van der Waals surface area contributed by atoms with Gasteiger partial charge in [0.2, 0.25) is 0 Å². The van der Waals surface area contributed by atoms with Gasteiger partial charge in [-0.05, 0) is 57.6 Å². The molecule has 1 aliphatic carbocycles. The van der Waals surface area contributed by atoms with Crippen molar-refractivity contribution in [3.8, 4) is 0 Å². The number of Topliss-reactive ketones (excluding diaryl/α,β-unsaturated/α-hetero) is 1. The van der Waals surface area contributed by atoms with E-state index >= 15 is 0 Å². The van der Waals surface area contributed by atoms with E-state index in [4.69, 9.17) is 0 Å². The average Bonchev–Trinajstić information content (AvgIpc) is 2.37. The van der Waals surface area contributed by atoms with Crippen molar-refractivity contribution >= 4 is 5.78 Å². The Morgan fingerprint density at radius 1 is 1.17 bits per heavy atom. The molecule has 2 nitrogen and oxygen atoms in total. The highest BCUT2D eigenvalue weighted by Crippen LogP contribution is 2.32. The maximum absolute atomic E-state index is 12.5. The van der Waals surface area contributed by atoms with Crippen LogP contribution in [0.5, 0.6) is 0 Å². The molecule has 0 atom stereocenters. The maximum Gasteiger partial charge on any atom is 0.166 e. The molecule has 0 bridgehead atoms. The standard InChI is InChI=1S/C16H23NO/c1-4-13-5-7-14(8-6-13)16(18)15-9-11(2)17-12(3)10-15/h9-10,13-14H,4-8H2,1-3H3. The fourth-order valence-electron chi connectivity index (χ4n) is 3.05. The first-order chi connectivity index (χ1) is 8.60. The van der Waals surface area contributed by atoms with Gasteiger partial charge in [-0.1, -0.05) is 13.3 Å². The highest BCUT2D eigenvalue weighted by atomic mass is 16.1. The Balaban J connectivity index is 2.07. The van der Waals surface area contributed by atoms with E-state index in [1.807, 2.05) is 26.0 Å². The van der Waals surface area contributed by atoms with E-state index in [-0.39, 0.29) is 5.92 Å². The fourth-order valence-corrected chi connectivity index (χ4v) is 3.05. The van der Waals surface area contributed by atoms with Crippen LogP contribution in [0, 0.1) is 25.7 Å². The van der Waals surface area contributed by atoms with Crippen LogP contribution in [0.15, 0.2) is 12.1 Å². The predicted molar refractivity (Wildman–Crippen MR) is 73.8 cm³/mol. The van der Waals surface area contributed by atoms with E-state index in [1.165, 1.54) is 19.3 Å². The Kier molecular flexibility index (Phi) is 4.15. The third-order valence-corrected chi connectivity index (χ3v) is 4.16. The van der Waals surface area contributed by atoms with E-state index in [9.17, 15) is 4.79 Å². The lowest BCUT2D eigenvalue weighted by Gasteiger charge is -2.26. The Labute approximate surface area is 110 Å². The van der Waals surface area contributed by atoms with Crippen LogP contribution in [-0.2, 0) is 0 Å². The summed E-state index contributed by atoms with van der Waals surface area (Å²) in [6, 6.07) is 3.86. The molecular formula is C16H23NO. The summed E-state index contributed by atoms with van der Waals surface area (Å²) in [4.78, 5) is 16.8. The van der Waals surface area contributed by atoms with Gasteiger partial charge in [0.25, 0.3) is 0 Å². The second-order valence-electron chi connectivity index (χ2n) is 5.63. The normalized spacial score (nSPS) is 23.9. The van der Waals surface area contributed by atoms with Crippen LogP contribution in [0.1, 0.15) is 60.8 Å².